The average Bonchev–Trinajstić information content (AvgIpc) is 2.51. The van der Waals surface area contributed by atoms with E-state index < -0.39 is 6.10 Å². The van der Waals surface area contributed by atoms with Gasteiger partial charge >= 0.3 is 0 Å². The summed E-state index contributed by atoms with van der Waals surface area (Å²) < 4.78 is 0. The van der Waals surface area contributed by atoms with Gasteiger partial charge in [0.05, 0.1) is 6.10 Å². The average molecular weight is 391 g/mol. The molecule has 0 radical (unpaired) electrons. The Kier molecular flexibility index (Phi) is 16.2. The van der Waals surface area contributed by atoms with Crippen LogP contribution in [-0.4, -0.2) is 70.9 Å². The Morgan fingerprint density at radius 2 is 1.27 bits per heavy atom. The summed E-state index contributed by atoms with van der Waals surface area (Å²) in [6.07, 6.45) is 0.0236. The van der Waals surface area contributed by atoms with Crippen LogP contribution in [0.2, 0.25) is 0 Å². The van der Waals surface area contributed by atoms with E-state index in [1.54, 1.807) is 23.5 Å². The maximum absolute atomic E-state index is 11.5. The standard InChI is InChI=1S/C13H24Cl2N2O3S2/c14-3-7-21-5-1-12(19)16-9-11(18)10-17-13(20)2-6-22-8-4-15/h11,18H,1-10H2,(H,16,19)(H,17,20). The van der Waals surface area contributed by atoms with E-state index in [2.05, 4.69) is 10.6 Å². The zero-order valence-electron chi connectivity index (χ0n) is 12.5. The molecule has 22 heavy (non-hydrogen) atoms. The van der Waals surface area contributed by atoms with Crippen molar-refractivity contribution in [2.75, 3.05) is 47.9 Å². The first-order chi connectivity index (χ1) is 10.6. The molecule has 0 aromatic rings. The SMILES string of the molecule is O=C(CCSCCCl)NCC(O)CNC(=O)CCSCCCl. The molecule has 0 aliphatic carbocycles. The van der Waals surface area contributed by atoms with Gasteiger partial charge in [-0.15, -0.1) is 23.2 Å². The summed E-state index contributed by atoms with van der Waals surface area (Å²) in [5.74, 6) is 4.02. The summed E-state index contributed by atoms with van der Waals surface area (Å²) in [6.45, 7) is 0.278. The molecule has 0 aromatic carbocycles. The molecule has 0 spiro atoms. The van der Waals surface area contributed by atoms with Crippen molar-refractivity contribution in [3.63, 3.8) is 0 Å². The minimum Gasteiger partial charge on any atom is -0.389 e. The molecule has 0 saturated heterocycles. The molecule has 0 unspecified atom stereocenters. The quantitative estimate of drug-likeness (QED) is 0.307. The van der Waals surface area contributed by atoms with E-state index in [1.807, 2.05) is 0 Å². The van der Waals surface area contributed by atoms with E-state index in [0.29, 0.717) is 36.1 Å². The van der Waals surface area contributed by atoms with Crippen molar-refractivity contribution in [3.8, 4) is 0 Å². The van der Waals surface area contributed by atoms with Crippen LogP contribution in [0.3, 0.4) is 0 Å². The van der Waals surface area contributed by atoms with Gasteiger partial charge in [-0.2, -0.15) is 23.5 Å². The number of carbonyl (C=O) groups is 2. The predicted octanol–water partition coefficient (Wildman–Crippen LogP) is 1.30. The number of aliphatic hydroxyl groups is 1. The Hall–Kier alpha value is 0.180. The van der Waals surface area contributed by atoms with Crippen molar-refractivity contribution < 1.29 is 14.7 Å². The third-order valence-electron chi connectivity index (χ3n) is 2.46. The second kappa shape index (κ2) is 16.1. The number of alkyl halides is 2. The molecule has 0 rings (SSSR count). The monoisotopic (exact) mass is 390 g/mol. The van der Waals surface area contributed by atoms with Crippen molar-refractivity contribution in [3.05, 3.63) is 0 Å². The summed E-state index contributed by atoms with van der Waals surface area (Å²) in [5, 5.41) is 15.0. The van der Waals surface area contributed by atoms with Gasteiger partial charge in [0.2, 0.25) is 11.8 Å². The second-order valence-corrected chi connectivity index (χ2v) is 7.57. The lowest BCUT2D eigenvalue weighted by molar-refractivity contribution is -0.121. The van der Waals surface area contributed by atoms with Gasteiger partial charge in [0, 0.05) is 60.7 Å². The fourth-order valence-corrected chi connectivity index (χ4v) is 3.30. The van der Waals surface area contributed by atoms with Crippen molar-refractivity contribution in [2.45, 2.75) is 18.9 Å². The second-order valence-electron chi connectivity index (χ2n) is 4.36. The largest absolute Gasteiger partial charge is 0.389 e. The Balaban J connectivity index is 3.53. The number of hydrogen-bond acceptors (Lipinski definition) is 5. The zero-order chi connectivity index (χ0) is 16.6. The fourth-order valence-electron chi connectivity index (χ4n) is 1.36. The molecule has 5 nitrogen and oxygen atoms in total. The van der Waals surface area contributed by atoms with E-state index in [-0.39, 0.29) is 24.9 Å². The van der Waals surface area contributed by atoms with Crippen LogP contribution in [0.4, 0.5) is 0 Å². The van der Waals surface area contributed by atoms with E-state index in [9.17, 15) is 14.7 Å². The number of nitrogens with one attached hydrogen (secondary N) is 2. The highest BCUT2D eigenvalue weighted by Crippen LogP contribution is 2.03. The van der Waals surface area contributed by atoms with Gasteiger partial charge in [-0.1, -0.05) is 0 Å². The van der Waals surface area contributed by atoms with Crippen LogP contribution in [0, 0.1) is 0 Å². The lowest BCUT2D eigenvalue weighted by Gasteiger charge is -2.13. The van der Waals surface area contributed by atoms with E-state index in [0.717, 1.165) is 11.5 Å². The third-order valence-corrected chi connectivity index (χ3v) is 5.26. The Bertz CT molecular complexity index is 285. The minimum atomic E-state index is -0.779. The molecule has 3 N–H and O–H groups in total. The molecule has 0 heterocycles. The number of halogens is 2. The van der Waals surface area contributed by atoms with Gasteiger partial charge in [-0.05, 0) is 0 Å². The minimum absolute atomic E-state index is 0.107. The van der Waals surface area contributed by atoms with Crippen molar-refractivity contribution in [1.82, 2.24) is 10.6 Å². The van der Waals surface area contributed by atoms with Crippen LogP contribution in [0.15, 0.2) is 0 Å². The maximum Gasteiger partial charge on any atom is 0.220 e. The zero-order valence-corrected chi connectivity index (χ0v) is 15.6. The summed E-state index contributed by atoms with van der Waals surface area (Å²) in [4.78, 5) is 23.0. The van der Waals surface area contributed by atoms with Gasteiger partial charge in [-0.25, -0.2) is 0 Å². The number of aliphatic hydroxyl groups excluding tert-OH is 1. The fraction of sp³-hybridized carbons (Fsp3) is 0.846. The van der Waals surface area contributed by atoms with Gasteiger partial charge in [0.25, 0.3) is 0 Å². The van der Waals surface area contributed by atoms with Crippen LogP contribution in [-0.2, 0) is 9.59 Å². The maximum atomic E-state index is 11.5. The number of thioether (sulfide) groups is 2. The van der Waals surface area contributed by atoms with Crippen molar-refractivity contribution >= 4 is 58.5 Å². The van der Waals surface area contributed by atoms with Gasteiger partial charge in [0.15, 0.2) is 0 Å². The third kappa shape index (κ3) is 15.1. The number of carbonyl (C=O) groups excluding carboxylic acids is 2. The highest BCUT2D eigenvalue weighted by molar-refractivity contribution is 7.99. The first-order valence-electron chi connectivity index (χ1n) is 7.09. The van der Waals surface area contributed by atoms with E-state index in [4.69, 9.17) is 23.2 Å². The Morgan fingerprint density at radius 3 is 1.64 bits per heavy atom. The van der Waals surface area contributed by atoms with Crippen LogP contribution >= 0.6 is 46.7 Å². The van der Waals surface area contributed by atoms with Gasteiger partial charge in [0.1, 0.15) is 0 Å². The summed E-state index contributed by atoms with van der Waals surface area (Å²) >= 11 is 14.3. The highest BCUT2D eigenvalue weighted by atomic mass is 35.5. The van der Waals surface area contributed by atoms with Crippen LogP contribution in [0.25, 0.3) is 0 Å². The molecule has 0 saturated carbocycles. The smallest absolute Gasteiger partial charge is 0.220 e. The lowest BCUT2D eigenvalue weighted by Crippen LogP contribution is -2.40. The number of rotatable bonds is 14. The first kappa shape index (κ1) is 22.2. The molecule has 0 bridgehead atoms. The molecule has 130 valence electrons. The molecule has 0 aromatic heterocycles. The van der Waals surface area contributed by atoms with Crippen molar-refractivity contribution in [1.29, 1.82) is 0 Å². The topological polar surface area (TPSA) is 78.4 Å². The molecule has 0 atom stereocenters. The summed E-state index contributed by atoms with van der Waals surface area (Å²) in [6, 6.07) is 0. The normalized spacial score (nSPS) is 10.7. The molecule has 0 fully saturated rings. The molecular formula is C13H24Cl2N2O3S2. The van der Waals surface area contributed by atoms with Gasteiger partial charge < -0.3 is 15.7 Å². The van der Waals surface area contributed by atoms with Gasteiger partial charge in [-0.3, -0.25) is 9.59 Å². The molecule has 0 aliphatic heterocycles. The lowest BCUT2D eigenvalue weighted by atomic mass is 10.3. The predicted molar refractivity (Wildman–Crippen MR) is 97.4 cm³/mol. The molecular weight excluding hydrogens is 367 g/mol. The Morgan fingerprint density at radius 1 is 0.864 bits per heavy atom. The Labute approximate surface area is 150 Å². The number of hydrogen-bond donors (Lipinski definition) is 3. The molecule has 2 amide bonds. The molecule has 0 aliphatic rings. The van der Waals surface area contributed by atoms with Crippen LogP contribution in [0.5, 0.6) is 0 Å². The summed E-state index contributed by atoms with van der Waals surface area (Å²) in [7, 11) is 0. The number of amides is 2. The van der Waals surface area contributed by atoms with E-state index >= 15 is 0 Å². The first-order valence-corrected chi connectivity index (χ1v) is 10.5. The summed E-state index contributed by atoms with van der Waals surface area (Å²) in [5.41, 5.74) is 0. The van der Waals surface area contributed by atoms with Crippen LogP contribution in [0.1, 0.15) is 12.8 Å². The van der Waals surface area contributed by atoms with E-state index in [1.165, 1.54) is 0 Å². The highest BCUT2D eigenvalue weighted by Gasteiger charge is 2.09. The molecule has 9 heteroatoms. The van der Waals surface area contributed by atoms with Crippen LogP contribution < -0.4 is 10.6 Å². The van der Waals surface area contributed by atoms with Crippen molar-refractivity contribution in [2.24, 2.45) is 0 Å².